The molecule has 0 bridgehead atoms. The van der Waals surface area contributed by atoms with Gasteiger partial charge in [-0.1, -0.05) is 6.07 Å². The van der Waals surface area contributed by atoms with E-state index in [0.29, 0.717) is 18.7 Å². The number of hydrogen-bond acceptors (Lipinski definition) is 5. The second-order valence-electron chi connectivity index (χ2n) is 5.84. The summed E-state index contributed by atoms with van der Waals surface area (Å²) < 4.78 is 0. The third-order valence-electron chi connectivity index (χ3n) is 4.12. The zero-order valence-electron chi connectivity index (χ0n) is 12.9. The van der Waals surface area contributed by atoms with E-state index in [1.165, 1.54) is 0 Å². The molecule has 1 fully saturated rings. The van der Waals surface area contributed by atoms with E-state index < -0.39 is 0 Å². The Morgan fingerprint density at radius 2 is 2.39 bits per heavy atom. The lowest BCUT2D eigenvalue weighted by Gasteiger charge is -2.32. The van der Waals surface area contributed by atoms with Crippen LogP contribution < -0.4 is 5.32 Å². The number of aliphatic hydroxyl groups is 1. The van der Waals surface area contributed by atoms with Crippen LogP contribution in [0.5, 0.6) is 0 Å². The molecule has 5 nitrogen and oxygen atoms in total. The molecule has 6 heteroatoms. The summed E-state index contributed by atoms with van der Waals surface area (Å²) in [6.07, 6.45) is 3.80. The van der Waals surface area contributed by atoms with Crippen molar-refractivity contribution in [3.8, 4) is 0 Å². The van der Waals surface area contributed by atoms with Gasteiger partial charge in [-0.25, -0.2) is 0 Å². The fourth-order valence-corrected chi connectivity index (χ4v) is 3.40. The number of piperidine rings is 1. The second-order valence-corrected chi connectivity index (χ2v) is 6.81. The summed E-state index contributed by atoms with van der Waals surface area (Å²) in [5.41, 5.74) is 3.43. The van der Waals surface area contributed by atoms with Gasteiger partial charge in [0, 0.05) is 42.0 Å². The number of nitrogens with zero attached hydrogens (tertiary/aromatic N) is 2. The van der Waals surface area contributed by atoms with E-state index in [0.717, 1.165) is 30.0 Å². The van der Waals surface area contributed by atoms with Crippen molar-refractivity contribution in [1.29, 1.82) is 0 Å². The number of anilines is 1. The molecule has 0 radical (unpaired) electrons. The molecule has 0 spiro atoms. The van der Waals surface area contributed by atoms with Gasteiger partial charge in [-0.3, -0.25) is 9.78 Å². The summed E-state index contributed by atoms with van der Waals surface area (Å²) in [6, 6.07) is 7.61. The van der Waals surface area contributed by atoms with E-state index in [4.69, 9.17) is 0 Å². The van der Waals surface area contributed by atoms with Gasteiger partial charge >= 0.3 is 0 Å². The fraction of sp³-hybridized carbons (Fsp3) is 0.412. The van der Waals surface area contributed by atoms with Crippen LogP contribution in [0.3, 0.4) is 0 Å². The van der Waals surface area contributed by atoms with E-state index in [9.17, 15) is 9.90 Å². The third kappa shape index (κ3) is 4.09. The van der Waals surface area contributed by atoms with Crippen molar-refractivity contribution in [2.24, 2.45) is 5.92 Å². The van der Waals surface area contributed by atoms with E-state index in [2.05, 4.69) is 10.3 Å². The standard InChI is InChI=1S/C17H21N3O2S/c21-11-13-3-2-6-20(10-13)17(22)14-4-1-5-15(7-14)19-9-16-8-18-12-23-16/h1,4-5,7-8,12-13,19,21H,2-3,6,9-11H2. The Labute approximate surface area is 140 Å². The highest BCUT2D eigenvalue weighted by molar-refractivity contribution is 7.09. The number of thiazole rings is 1. The minimum Gasteiger partial charge on any atom is -0.396 e. The first-order chi connectivity index (χ1) is 11.3. The number of carbonyl (C=O) groups is 1. The van der Waals surface area contributed by atoms with Gasteiger partial charge in [0.1, 0.15) is 0 Å². The van der Waals surface area contributed by atoms with Crippen LogP contribution >= 0.6 is 11.3 Å². The topological polar surface area (TPSA) is 65.5 Å². The van der Waals surface area contributed by atoms with Crippen molar-refractivity contribution in [2.45, 2.75) is 19.4 Å². The molecule has 2 heterocycles. The van der Waals surface area contributed by atoms with Crippen molar-refractivity contribution in [3.05, 3.63) is 46.4 Å². The molecule has 1 atom stereocenters. The van der Waals surface area contributed by atoms with E-state index in [-0.39, 0.29) is 18.4 Å². The number of hydrogen-bond donors (Lipinski definition) is 2. The quantitative estimate of drug-likeness (QED) is 0.884. The Hall–Kier alpha value is -1.92. The maximum atomic E-state index is 12.7. The van der Waals surface area contributed by atoms with Gasteiger partial charge in [-0.15, -0.1) is 11.3 Å². The van der Waals surface area contributed by atoms with Gasteiger partial charge in [0.2, 0.25) is 0 Å². The fourth-order valence-electron chi connectivity index (χ4n) is 2.86. The average molecular weight is 331 g/mol. The van der Waals surface area contributed by atoms with Crippen molar-refractivity contribution >= 4 is 22.9 Å². The minimum atomic E-state index is 0.0459. The smallest absolute Gasteiger partial charge is 0.253 e. The molecule has 1 amide bonds. The molecule has 1 aliphatic heterocycles. The molecule has 0 saturated carbocycles. The van der Waals surface area contributed by atoms with E-state index in [1.807, 2.05) is 40.9 Å². The molecule has 1 aromatic carbocycles. The maximum absolute atomic E-state index is 12.7. The van der Waals surface area contributed by atoms with E-state index in [1.54, 1.807) is 11.3 Å². The highest BCUT2D eigenvalue weighted by Gasteiger charge is 2.24. The number of aromatic nitrogens is 1. The first-order valence-electron chi connectivity index (χ1n) is 7.87. The van der Waals surface area contributed by atoms with Crippen molar-refractivity contribution in [1.82, 2.24) is 9.88 Å². The van der Waals surface area contributed by atoms with Crippen molar-refractivity contribution in [2.75, 3.05) is 25.0 Å². The van der Waals surface area contributed by atoms with Crippen LogP contribution in [0.4, 0.5) is 5.69 Å². The Kier molecular flexibility index (Phi) is 5.25. The Bertz CT molecular complexity index is 645. The first kappa shape index (κ1) is 16.0. The minimum absolute atomic E-state index is 0.0459. The normalized spacial score (nSPS) is 18.0. The highest BCUT2D eigenvalue weighted by atomic mass is 32.1. The third-order valence-corrected chi connectivity index (χ3v) is 4.90. The number of aliphatic hydroxyl groups excluding tert-OH is 1. The van der Waals surface area contributed by atoms with Crippen molar-refractivity contribution in [3.63, 3.8) is 0 Å². The monoisotopic (exact) mass is 331 g/mol. The molecule has 0 aliphatic carbocycles. The maximum Gasteiger partial charge on any atom is 0.253 e. The van der Waals surface area contributed by atoms with Crippen LogP contribution in [-0.4, -0.2) is 40.6 Å². The summed E-state index contributed by atoms with van der Waals surface area (Å²) in [5.74, 6) is 0.255. The first-order valence-corrected chi connectivity index (χ1v) is 8.75. The lowest BCUT2D eigenvalue weighted by Crippen LogP contribution is -2.40. The van der Waals surface area contributed by atoms with Gasteiger partial charge in [0.05, 0.1) is 12.1 Å². The summed E-state index contributed by atoms with van der Waals surface area (Å²) >= 11 is 1.61. The lowest BCUT2D eigenvalue weighted by molar-refractivity contribution is 0.0621. The number of rotatable bonds is 5. The largest absolute Gasteiger partial charge is 0.396 e. The van der Waals surface area contributed by atoms with Crippen LogP contribution in [0.1, 0.15) is 28.1 Å². The predicted molar refractivity (Wildman–Crippen MR) is 91.6 cm³/mol. The molecule has 2 aromatic rings. The summed E-state index contributed by atoms with van der Waals surface area (Å²) in [7, 11) is 0. The molecule has 23 heavy (non-hydrogen) atoms. The van der Waals surface area contributed by atoms with Gasteiger partial charge in [-0.05, 0) is 37.0 Å². The number of carbonyl (C=O) groups excluding carboxylic acids is 1. The van der Waals surface area contributed by atoms with Crippen molar-refractivity contribution < 1.29 is 9.90 Å². The Morgan fingerprint density at radius 1 is 1.48 bits per heavy atom. The molecule has 2 N–H and O–H groups in total. The highest BCUT2D eigenvalue weighted by Crippen LogP contribution is 2.20. The van der Waals surface area contributed by atoms with Crippen LogP contribution in [0.2, 0.25) is 0 Å². The molecule has 1 saturated heterocycles. The Morgan fingerprint density at radius 3 is 3.17 bits per heavy atom. The summed E-state index contributed by atoms with van der Waals surface area (Å²) in [4.78, 5) is 19.7. The summed E-state index contributed by atoms with van der Waals surface area (Å²) in [6.45, 7) is 2.28. The second kappa shape index (κ2) is 7.57. The zero-order valence-corrected chi connectivity index (χ0v) is 13.8. The lowest BCUT2D eigenvalue weighted by atomic mass is 9.98. The average Bonchev–Trinajstić information content (AvgIpc) is 3.13. The number of benzene rings is 1. The van der Waals surface area contributed by atoms with Gasteiger partial charge in [0.15, 0.2) is 0 Å². The molecule has 1 unspecified atom stereocenters. The van der Waals surface area contributed by atoms with Crippen LogP contribution in [0.15, 0.2) is 36.0 Å². The molecule has 3 rings (SSSR count). The SMILES string of the molecule is O=C(c1cccc(NCc2cncs2)c1)N1CCCC(CO)C1. The molecule has 1 aromatic heterocycles. The molecule has 122 valence electrons. The molecular formula is C17H21N3O2S. The Balaban J connectivity index is 1.65. The molecular weight excluding hydrogens is 310 g/mol. The zero-order chi connectivity index (χ0) is 16.1. The number of nitrogens with one attached hydrogen (secondary N) is 1. The predicted octanol–water partition coefficient (Wildman–Crippen LogP) is 2.60. The van der Waals surface area contributed by atoms with Gasteiger partial charge < -0.3 is 15.3 Å². The van der Waals surface area contributed by atoms with E-state index >= 15 is 0 Å². The molecule has 1 aliphatic rings. The van der Waals surface area contributed by atoms with Crippen LogP contribution in [0.25, 0.3) is 0 Å². The number of likely N-dealkylation sites (tertiary alicyclic amines) is 1. The summed E-state index contributed by atoms with van der Waals surface area (Å²) in [5, 5.41) is 12.6. The van der Waals surface area contributed by atoms with Gasteiger partial charge in [0.25, 0.3) is 5.91 Å². The number of amides is 1. The van der Waals surface area contributed by atoms with Gasteiger partial charge in [-0.2, -0.15) is 0 Å². The van der Waals surface area contributed by atoms with Crippen LogP contribution in [-0.2, 0) is 6.54 Å². The van der Waals surface area contributed by atoms with Crippen LogP contribution in [0, 0.1) is 5.92 Å².